The highest BCUT2D eigenvalue weighted by Gasteiger charge is 2.31. The highest BCUT2D eigenvalue weighted by Crippen LogP contribution is 2.24. The third-order valence-corrected chi connectivity index (χ3v) is 2.98. The number of benzene rings is 1. The van der Waals surface area contributed by atoms with Crippen molar-refractivity contribution >= 4 is 5.91 Å². The molecule has 1 atom stereocenters. The van der Waals surface area contributed by atoms with Crippen LogP contribution in [0.1, 0.15) is 12.0 Å². The first-order valence-corrected chi connectivity index (χ1v) is 5.96. The number of ether oxygens (including phenoxy) is 1. The Morgan fingerprint density at radius 2 is 2.00 bits per heavy atom. The van der Waals surface area contributed by atoms with Gasteiger partial charge in [-0.2, -0.15) is 0 Å². The zero-order valence-corrected chi connectivity index (χ0v) is 10.5. The lowest BCUT2D eigenvalue weighted by molar-refractivity contribution is -0.274. The summed E-state index contributed by atoms with van der Waals surface area (Å²) in [6.45, 7) is 0.819. The van der Waals surface area contributed by atoms with Crippen LogP contribution in [0.15, 0.2) is 24.3 Å². The van der Waals surface area contributed by atoms with Gasteiger partial charge in [0.15, 0.2) is 0 Å². The zero-order chi connectivity index (χ0) is 14.8. The molecule has 1 aromatic carbocycles. The molecule has 1 aromatic rings. The van der Waals surface area contributed by atoms with E-state index in [1.165, 1.54) is 24.3 Å². The number of hydrogen-bond donors (Lipinski definition) is 0. The predicted molar refractivity (Wildman–Crippen MR) is 65.5 cm³/mol. The highest BCUT2D eigenvalue weighted by molar-refractivity contribution is 5.79. The minimum absolute atomic E-state index is 0.0384. The van der Waals surface area contributed by atoms with E-state index in [1.807, 2.05) is 0 Å². The lowest BCUT2D eigenvalue weighted by Crippen LogP contribution is -2.24. The van der Waals surface area contributed by atoms with Gasteiger partial charge in [-0.05, 0) is 17.7 Å². The molecule has 6 heteroatoms. The van der Waals surface area contributed by atoms with Gasteiger partial charge in [-0.15, -0.1) is 25.5 Å². The SMILES string of the molecule is C#CC1CC(=O)N(Cc2ccc(OC(F)(F)F)cc2)C1. The lowest BCUT2D eigenvalue weighted by atomic mass is 10.1. The number of likely N-dealkylation sites (tertiary alicyclic amines) is 1. The molecule has 20 heavy (non-hydrogen) atoms. The van der Waals surface area contributed by atoms with Crippen molar-refractivity contribution in [3.63, 3.8) is 0 Å². The van der Waals surface area contributed by atoms with Crippen LogP contribution in [-0.4, -0.2) is 23.7 Å². The summed E-state index contributed by atoms with van der Waals surface area (Å²) in [7, 11) is 0. The van der Waals surface area contributed by atoms with Crippen molar-refractivity contribution in [3.8, 4) is 18.1 Å². The van der Waals surface area contributed by atoms with Crippen LogP contribution in [-0.2, 0) is 11.3 Å². The second-order valence-corrected chi connectivity index (χ2v) is 4.53. The van der Waals surface area contributed by atoms with Crippen LogP contribution in [0.3, 0.4) is 0 Å². The number of hydrogen-bond acceptors (Lipinski definition) is 2. The number of halogens is 3. The van der Waals surface area contributed by atoms with Crippen LogP contribution in [0.4, 0.5) is 13.2 Å². The highest BCUT2D eigenvalue weighted by atomic mass is 19.4. The fourth-order valence-electron chi connectivity index (χ4n) is 2.05. The maximum atomic E-state index is 12.0. The molecule has 0 saturated carbocycles. The number of carbonyl (C=O) groups is 1. The van der Waals surface area contributed by atoms with E-state index in [2.05, 4.69) is 10.7 Å². The molecule has 1 heterocycles. The van der Waals surface area contributed by atoms with Crippen molar-refractivity contribution < 1.29 is 22.7 Å². The first kappa shape index (κ1) is 14.3. The maximum absolute atomic E-state index is 12.0. The molecular weight excluding hydrogens is 271 g/mol. The third-order valence-electron chi connectivity index (χ3n) is 2.98. The van der Waals surface area contributed by atoms with Gasteiger partial charge in [-0.1, -0.05) is 12.1 Å². The summed E-state index contributed by atoms with van der Waals surface area (Å²) in [5.41, 5.74) is 0.727. The smallest absolute Gasteiger partial charge is 0.406 e. The van der Waals surface area contributed by atoms with E-state index < -0.39 is 6.36 Å². The van der Waals surface area contributed by atoms with E-state index in [1.54, 1.807) is 4.90 Å². The molecule has 1 aliphatic rings. The van der Waals surface area contributed by atoms with E-state index >= 15 is 0 Å². The molecule has 0 bridgehead atoms. The summed E-state index contributed by atoms with van der Waals surface area (Å²) in [5.74, 6) is 2.13. The number of amides is 1. The maximum Gasteiger partial charge on any atom is 0.573 e. The Labute approximate surface area is 114 Å². The molecule has 3 nitrogen and oxygen atoms in total. The minimum atomic E-state index is -4.70. The summed E-state index contributed by atoms with van der Waals surface area (Å²) in [5, 5.41) is 0. The van der Waals surface area contributed by atoms with Gasteiger partial charge in [0.05, 0.1) is 0 Å². The summed E-state index contributed by atoms with van der Waals surface area (Å²) < 4.78 is 39.8. The van der Waals surface area contributed by atoms with Gasteiger partial charge in [-0.25, -0.2) is 0 Å². The van der Waals surface area contributed by atoms with Crippen molar-refractivity contribution in [2.24, 2.45) is 5.92 Å². The fourth-order valence-corrected chi connectivity index (χ4v) is 2.05. The van der Waals surface area contributed by atoms with Crippen LogP contribution < -0.4 is 4.74 Å². The Kier molecular flexibility index (Phi) is 3.89. The van der Waals surface area contributed by atoms with Gasteiger partial charge in [0.25, 0.3) is 0 Å². The molecular formula is C14H12F3NO2. The molecule has 1 aliphatic heterocycles. The first-order chi connectivity index (χ1) is 9.37. The Morgan fingerprint density at radius 3 is 2.50 bits per heavy atom. The van der Waals surface area contributed by atoms with Gasteiger partial charge in [0, 0.05) is 25.4 Å². The molecule has 0 aromatic heterocycles. The molecule has 1 saturated heterocycles. The minimum Gasteiger partial charge on any atom is -0.406 e. The molecule has 0 N–H and O–H groups in total. The Hall–Kier alpha value is -2.16. The van der Waals surface area contributed by atoms with E-state index in [9.17, 15) is 18.0 Å². The van der Waals surface area contributed by atoms with E-state index in [4.69, 9.17) is 6.42 Å². The summed E-state index contributed by atoms with van der Waals surface area (Å²) in [4.78, 5) is 13.3. The second kappa shape index (κ2) is 5.45. The van der Waals surface area contributed by atoms with Crippen molar-refractivity contribution in [1.29, 1.82) is 0 Å². The summed E-state index contributed by atoms with van der Waals surface area (Å²) >= 11 is 0. The molecule has 1 amide bonds. The average molecular weight is 283 g/mol. The zero-order valence-electron chi connectivity index (χ0n) is 10.5. The van der Waals surface area contributed by atoms with Gasteiger partial charge in [0.1, 0.15) is 5.75 Å². The summed E-state index contributed by atoms with van der Waals surface area (Å²) in [6.07, 6.45) is 0.902. The first-order valence-electron chi connectivity index (χ1n) is 5.96. The number of nitrogens with zero attached hydrogens (tertiary/aromatic N) is 1. The molecule has 0 spiro atoms. The average Bonchev–Trinajstić information content (AvgIpc) is 2.71. The van der Waals surface area contributed by atoms with Crippen molar-refractivity contribution in [3.05, 3.63) is 29.8 Å². The Morgan fingerprint density at radius 1 is 1.35 bits per heavy atom. The van der Waals surface area contributed by atoms with Gasteiger partial charge >= 0.3 is 6.36 Å². The van der Waals surface area contributed by atoms with Crippen LogP contribution in [0.5, 0.6) is 5.75 Å². The van der Waals surface area contributed by atoms with Crippen molar-refractivity contribution in [2.75, 3.05) is 6.54 Å². The molecule has 1 unspecified atom stereocenters. The largest absolute Gasteiger partial charge is 0.573 e. The van der Waals surface area contributed by atoms with Crippen LogP contribution in [0, 0.1) is 18.3 Å². The Balaban J connectivity index is 1.98. The normalized spacial score (nSPS) is 19.0. The fraction of sp³-hybridized carbons (Fsp3) is 0.357. The van der Waals surface area contributed by atoms with Crippen molar-refractivity contribution in [1.82, 2.24) is 4.90 Å². The Bertz CT molecular complexity index is 531. The van der Waals surface area contributed by atoms with E-state index in [0.717, 1.165) is 5.56 Å². The van der Waals surface area contributed by atoms with Crippen LogP contribution in [0.2, 0.25) is 0 Å². The molecule has 0 aliphatic carbocycles. The van der Waals surface area contributed by atoms with Gasteiger partial charge < -0.3 is 9.64 Å². The third kappa shape index (κ3) is 3.67. The molecule has 1 fully saturated rings. The van der Waals surface area contributed by atoms with Gasteiger partial charge in [0.2, 0.25) is 5.91 Å². The van der Waals surface area contributed by atoms with E-state index in [0.29, 0.717) is 19.5 Å². The van der Waals surface area contributed by atoms with Gasteiger partial charge in [-0.3, -0.25) is 4.79 Å². The monoisotopic (exact) mass is 283 g/mol. The lowest BCUT2D eigenvalue weighted by Gasteiger charge is -2.16. The van der Waals surface area contributed by atoms with Crippen LogP contribution >= 0.6 is 0 Å². The summed E-state index contributed by atoms with van der Waals surface area (Å²) in [6, 6.07) is 5.44. The predicted octanol–water partition coefficient (Wildman–Crippen LogP) is 2.57. The topological polar surface area (TPSA) is 29.5 Å². The molecule has 2 rings (SSSR count). The number of carbonyl (C=O) groups excluding carboxylic acids is 1. The second-order valence-electron chi connectivity index (χ2n) is 4.53. The van der Waals surface area contributed by atoms with Crippen molar-refractivity contribution in [2.45, 2.75) is 19.3 Å². The van der Waals surface area contributed by atoms with Crippen LogP contribution in [0.25, 0.3) is 0 Å². The molecule has 106 valence electrons. The number of alkyl halides is 3. The number of terminal acetylenes is 1. The standard InChI is InChI=1S/C14H12F3NO2/c1-2-10-7-13(19)18(8-10)9-11-3-5-12(6-4-11)20-14(15,16)17/h1,3-6,10H,7-9H2. The van der Waals surface area contributed by atoms with E-state index in [-0.39, 0.29) is 17.6 Å². The quantitative estimate of drug-likeness (QED) is 0.798. The number of rotatable bonds is 3. The molecule has 0 radical (unpaired) electrons.